The van der Waals surface area contributed by atoms with Crippen molar-refractivity contribution in [3.63, 3.8) is 0 Å². The molecule has 6 rings (SSSR count). The SMILES string of the molecule is N[C@@H]1C[C@H]2CC[C@@H]1C[C@H]2NCc1ccc2c(c1)CN(C1CCC(=O)NC1=O)C2=O. The van der Waals surface area contributed by atoms with E-state index in [0.717, 1.165) is 24.1 Å². The molecule has 7 heteroatoms. The fourth-order valence-corrected chi connectivity index (χ4v) is 5.72. The summed E-state index contributed by atoms with van der Waals surface area (Å²) in [5.41, 5.74) is 9.04. The maximum Gasteiger partial charge on any atom is 0.255 e. The second-order valence-electron chi connectivity index (χ2n) is 9.11. The predicted octanol–water partition coefficient (Wildman–Crippen LogP) is 1.05. The quantitative estimate of drug-likeness (QED) is 0.660. The van der Waals surface area contributed by atoms with Crippen LogP contribution in [0.3, 0.4) is 0 Å². The number of hydrogen-bond donors (Lipinski definition) is 3. The van der Waals surface area contributed by atoms with Gasteiger partial charge in [-0.05, 0) is 61.1 Å². The maximum atomic E-state index is 12.8. The number of imide groups is 1. The van der Waals surface area contributed by atoms with Crippen molar-refractivity contribution < 1.29 is 14.4 Å². The zero-order valence-electron chi connectivity index (χ0n) is 16.5. The molecular formula is C22H28N4O3. The highest BCUT2D eigenvalue weighted by Gasteiger charge is 2.40. The summed E-state index contributed by atoms with van der Waals surface area (Å²) in [5.74, 6) is 0.579. The number of nitrogens with two attached hydrogens (primary N) is 1. The van der Waals surface area contributed by atoms with Gasteiger partial charge in [0, 0.05) is 37.2 Å². The normalized spacial score (nSPS) is 33.8. The van der Waals surface area contributed by atoms with Crippen LogP contribution in [0.2, 0.25) is 0 Å². The van der Waals surface area contributed by atoms with Gasteiger partial charge in [0.05, 0.1) is 0 Å². The molecule has 1 saturated heterocycles. The van der Waals surface area contributed by atoms with Gasteiger partial charge in [-0.3, -0.25) is 19.7 Å². The largest absolute Gasteiger partial charge is 0.327 e. The summed E-state index contributed by atoms with van der Waals surface area (Å²) >= 11 is 0. The van der Waals surface area contributed by atoms with E-state index in [9.17, 15) is 14.4 Å². The number of nitrogens with zero attached hydrogens (tertiary/aromatic N) is 1. The maximum absolute atomic E-state index is 12.8. The molecule has 2 aliphatic heterocycles. The molecule has 0 spiro atoms. The zero-order valence-corrected chi connectivity index (χ0v) is 16.5. The van der Waals surface area contributed by atoms with Gasteiger partial charge >= 0.3 is 0 Å². The van der Waals surface area contributed by atoms with E-state index in [4.69, 9.17) is 5.73 Å². The first-order chi connectivity index (χ1) is 14.0. The number of rotatable bonds is 4. The lowest BCUT2D eigenvalue weighted by molar-refractivity contribution is -0.136. The third kappa shape index (κ3) is 3.36. The van der Waals surface area contributed by atoms with Crippen molar-refractivity contribution in [2.75, 3.05) is 0 Å². The third-order valence-corrected chi connectivity index (χ3v) is 7.37. The van der Waals surface area contributed by atoms with Crippen LogP contribution in [0.4, 0.5) is 0 Å². The molecule has 154 valence electrons. The van der Waals surface area contributed by atoms with Crippen LogP contribution in [0, 0.1) is 11.8 Å². The van der Waals surface area contributed by atoms with E-state index in [0.29, 0.717) is 42.4 Å². The molecule has 0 radical (unpaired) electrons. The van der Waals surface area contributed by atoms with Crippen LogP contribution in [0.1, 0.15) is 60.0 Å². The summed E-state index contributed by atoms with van der Waals surface area (Å²) in [6.45, 7) is 1.21. The summed E-state index contributed by atoms with van der Waals surface area (Å²) in [7, 11) is 0. The van der Waals surface area contributed by atoms with Crippen LogP contribution in [0.25, 0.3) is 0 Å². The highest BCUT2D eigenvalue weighted by molar-refractivity contribution is 6.05. The van der Waals surface area contributed by atoms with E-state index in [2.05, 4.69) is 16.7 Å². The Morgan fingerprint density at radius 1 is 1.10 bits per heavy atom. The Morgan fingerprint density at radius 2 is 1.93 bits per heavy atom. The van der Waals surface area contributed by atoms with Gasteiger partial charge in [0.15, 0.2) is 0 Å². The number of fused-ring (bicyclic) bond motifs is 4. The van der Waals surface area contributed by atoms with Crippen molar-refractivity contribution in [2.24, 2.45) is 17.6 Å². The molecule has 4 N–H and O–H groups in total. The standard InChI is InChI=1S/C22H28N4O3/c23-17-8-14-3-2-13(17)9-18(14)24-10-12-1-4-16-15(7-12)11-26(22(16)29)19-5-6-20(27)25-21(19)28/h1,4,7,13-14,17-19,24H,2-3,5-6,8-11,23H2,(H,25,27,28)/t13-,14-,17-,18-,19?/m1/s1. The number of carbonyl (C=O) groups is 3. The third-order valence-electron chi connectivity index (χ3n) is 7.37. The Labute approximate surface area is 170 Å². The van der Waals surface area contributed by atoms with Crippen molar-refractivity contribution in [2.45, 2.75) is 69.7 Å². The lowest BCUT2D eigenvalue weighted by Crippen LogP contribution is -2.52. The first kappa shape index (κ1) is 18.8. The average molecular weight is 396 g/mol. The molecule has 2 bridgehead atoms. The number of amides is 3. The van der Waals surface area contributed by atoms with Gasteiger partial charge in [0.25, 0.3) is 5.91 Å². The summed E-state index contributed by atoms with van der Waals surface area (Å²) in [4.78, 5) is 38.0. The molecule has 5 aliphatic rings. The first-order valence-corrected chi connectivity index (χ1v) is 10.7. The lowest BCUT2D eigenvalue weighted by atomic mass is 9.65. The van der Waals surface area contributed by atoms with Crippen LogP contribution < -0.4 is 16.4 Å². The van der Waals surface area contributed by atoms with Gasteiger partial charge in [-0.25, -0.2) is 0 Å². The minimum absolute atomic E-state index is 0.118. The molecule has 3 saturated carbocycles. The fourth-order valence-electron chi connectivity index (χ4n) is 5.72. The minimum Gasteiger partial charge on any atom is -0.327 e. The van der Waals surface area contributed by atoms with Gasteiger partial charge in [-0.1, -0.05) is 12.1 Å². The molecule has 1 unspecified atom stereocenters. The number of piperidine rings is 1. The number of carbonyl (C=O) groups excluding carboxylic acids is 3. The molecule has 1 aromatic carbocycles. The second kappa shape index (κ2) is 7.22. The van der Waals surface area contributed by atoms with Crippen molar-refractivity contribution in [1.82, 2.24) is 15.5 Å². The molecule has 7 nitrogen and oxygen atoms in total. The van der Waals surface area contributed by atoms with Crippen molar-refractivity contribution in [1.29, 1.82) is 0 Å². The smallest absolute Gasteiger partial charge is 0.255 e. The lowest BCUT2D eigenvalue weighted by Gasteiger charge is -2.46. The second-order valence-corrected chi connectivity index (χ2v) is 9.11. The van der Waals surface area contributed by atoms with Crippen molar-refractivity contribution >= 4 is 17.7 Å². The Bertz CT molecular complexity index is 870. The van der Waals surface area contributed by atoms with Gasteiger partial charge in [0.1, 0.15) is 6.04 Å². The molecule has 5 atom stereocenters. The minimum atomic E-state index is -0.559. The van der Waals surface area contributed by atoms with Crippen molar-refractivity contribution in [3.8, 4) is 0 Å². The molecule has 0 aromatic heterocycles. The summed E-state index contributed by atoms with van der Waals surface area (Å²) in [5, 5.41) is 6.07. The van der Waals surface area contributed by atoms with Crippen LogP contribution in [-0.2, 0) is 22.7 Å². The number of benzene rings is 1. The molecule has 2 heterocycles. The molecule has 29 heavy (non-hydrogen) atoms. The Morgan fingerprint density at radius 3 is 2.66 bits per heavy atom. The topological polar surface area (TPSA) is 105 Å². The van der Waals surface area contributed by atoms with E-state index in [-0.39, 0.29) is 24.1 Å². The molecule has 4 fully saturated rings. The Balaban J connectivity index is 1.24. The molecular weight excluding hydrogens is 368 g/mol. The summed E-state index contributed by atoms with van der Waals surface area (Å²) in [6, 6.07) is 6.31. The van der Waals surface area contributed by atoms with Crippen LogP contribution in [-0.4, -0.2) is 40.7 Å². The van der Waals surface area contributed by atoms with E-state index >= 15 is 0 Å². The predicted molar refractivity (Wildman–Crippen MR) is 107 cm³/mol. The van der Waals surface area contributed by atoms with E-state index in [1.54, 1.807) is 4.90 Å². The summed E-state index contributed by atoms with van der Waals surface area (Å²) < 4.78 is 0. The first-order valence-electron chi connectivity index (χ1n) is 10.7. The summed E-state index contributed by atoms with van der Waals surface area (Å²) in [6.07, 6.45) is 5.50. The molecule has 1 aromatic rings. The molecule has 3 aliphatic carbocycles. The Kier molecular flexibility index (Phi) is 4.67. The van der Waals surface area contributed by atoms with Gasteiger partial charge < -0.3 is 16.0 Å². The van der Waals surface area contributed by atoms with E-state index in [1.165, 1.54) is 19.3 Å². The molecule has 3 amide bonds. The highest BCUT2D eigenvalue weighted by Crippen LogP contribution is 2.40. The number of hydrogen-bond acceptors (Lipinski definition) is 5. The van der Waals surface area contributed by atoms with Crippen LogP contribution in [0.5, 0.6) is 0 Å². The Hall–Kier alpha value is -2.25. The van der Waals surface area contributed by atoms with E-state index in [1.807, 2.05) is 12.1 Å². The fraction of sp³-hybridized carbons (Fsp3) is 0.591. The van der Waals surface area contributed by atoms with Crippen LogP contribution >= 0.6 is 0 Å². The number of nitrogens with one attached hydrogen (secondary N) is 2. The average Bonchev–Trinajstić information content (AvgIpc) is 3.03. The van der Waals surface area contributed by atoms with E-state index < -0.39 is 6.04 Å². The van der Waals surface area contributed by atoms with Crippen molar-refractivity contribution in [3.05, 3.63) is 34.9 Å². The van der Waals surface area contributed by atoms with Gasteiger partial charge in [0.2, 0.25) is 11.8 Å². The monoisotopic (exact) mass is 396 g/mol. The van der Waals surface area contributed by atoms with Gasteiger partial charge in [-0.15, -0.1) is 0 Å². The highest BCUT2D eigenvalue weighted by atomic mass is 16.2. The zero-order chi connectivity index (χ0) is 20.1. The van der Waals surface area contributed by atoms with Crippen LogP contribution in [0.15, 0.2) is 18.2 Å². The van der Waals surface area contributed by atoms with Gasteiger partial charge in [-0.2, -0.15) is 0 Å².